The predicted molar refractivity (Wildman–Crippen MR) is 101 cm³/mol. The van der Waals surface area contributed by atoms with E-state index in [2.05, 4.69) is 5.32 Å². The van der Waals surface area contributed by atoms with Gasteiger partial charge in [-0.15, -0.1) is 0 Å². The highest BCUT2D eigenvalue weighted by Gasteiger charge is 2.21. The summed E-state index contributed by atoms with van der Waals surface area (Å²) in [5, 5.41) is 3.52. The summed E-state index contributed by atoms with van der Waals surface area (Å²) in [7, 11) is -1.51. The van der Waals surface area contributed by atoms with Crippen molar-refractivity contribution in [1.29, 1.82) is 0 Å². The Kier molecular flexibility index (Phi) is 5.02. The van der Waals surface area contributed by atoms with Crippen LogP contribution < -0.4 is 14.8 Å². The van der Waals surface area contributed by atoms with Crippen molar-refractivity contribution < 1.29 is 27.2 Å². The molecule has 8 heteroatoms. The number of carbonyl (C=O) groups excluding carboxylic acids is 1. The van der Waals surface area contributed by atoms with Crippen molar-refractivity contribution in [3.63, 3.8) is 0 Å². The van der Waals surface area contributed by atoms with Gasteiger partial charge in [0.1, 0.15) is 22.0 Å². The monoisotopic (exact) mass is 387 g/mol. The summed E-state index contributed by atoms with van der Waals surface area (Å²) < 4.78 is 43.1. The van der Waals surface area contributed by atoms with E-state index in [0.717, 1.165) is 0 Å². The van der Waals surface area contributed by atoms with Crippen molar-refractivity contribution in [2.24, 2.45) is 0 Å². The molecule has 27 heavy (non-hydrogen) atoms. The topological polar surface area (TPSA) is 102 Å². The Hall–Kier alpha value is -3.10. The Bertz CT molecular complexity index is 1100. The van der Waals surface area contributed by atoms with E-state index in [1.54, 1.807) is 42.5 Å². The van der Waals surface area contributed by atoms with E-state index < -0.39 is 16.0 Å². The number of nitrogens with one attached hydrogen (secondary N) is 1. The molecule has 0 radical (unpaired) electrons. The lowest BCUT2D eigenvalue weighted by molar-refractivity contribution is 0.102. The molecule has 0 unspecified atom stereocenters. The first-order valence-corrected chi connectivity index (χ1v) is 9.32. The standard InChI is InChI=1S/C19H17NO6S/c1-25-15-8-5-9-16(26-2)18(15)19(21)20-14-10-11-17(27(22,23)24)13-7-4-3-6-12(13)14/h3-11H,1-2H3,(H,20,21)(H,22,23,24). The summed E-state index contributed by atoms with van der Waals surface area (Å²) in [4.78, 5) is 12.6. The fraction of sp³-hybridized carbons (Fsp3) is 0.105. The van der Waals surface area contributed by atoms with Crippen LogP contribution >= 0.6 is 0 Å². The van der Waals surface area contributed by atoms with E-state index >= 15 is 0 Å². The lowest BCUT2D eigenvalue weighted by Crippen LogP contribution is -2.15. The smallest absolute Gasteiger partial charge is 0.295 e. The molecule has 0 aliphatic carbocycles. The number of methoxy groups -OCH3 is 2. The van der Waals surface area contributed by atoms with Crippen LogP contribution in [0, 0.1) is 0 Å². The van der Waals surface area contributed by atoms with Gasteiger partial charge in [0, 0.05) is 16.5 Å². The number of hydrogen-bond acceptors (Lipinski definition) is 5. The molecule has 0 saturated carbocycles. The van der Waals surface area contributed by atoms with E-state index in [4.69, 9.17) is 9.47 Å². The van der Waals surface area contributed by atoms with Crippen LogP contribution in [0.25, 0.3) is 10.8 Å². The van der Waals surface area contributed by atoms with E-state index in [1.807, 2.05) is 0 Å². The van der Waals surface area contributed by atoms with Gasteiger partial charge in [-0.1, -0.05) is 30.3 Å². The molecule has 0 aliphatic rings. The maximum atomic E-state index is 12.9. The average molecular weight is 387 g/mol. The highest BCUT2D eigenvalue weighted by molar-refractivity contribution is 7.86. The fourth-order valence-corrected chi connectivity index (χ4v) is 3.56. The van der Waals surface area contributed by atoms with Crippen LogP contribution in [0.2, 0.25) is 0 Å². The molecular weight excluding hydrogens is 370 g/mol. The van der Waals surface area contributed by atoms with Gasteiger partial charge >= 0.3 is 0 Å². The minimum Gasteiger partial charge on any atom is -0.496 e. The highest BCUT2D eigenvalue weighted by Crippen LogP contribution is 2.32. The SMILES string of the molecule is COc1cccc(OC)c1C(=O)Nc1ccc(S(=O)(=O)O)c2ccccc12. The van der Waals surface area contributed by atoms with Crippen molar-refractivity contribution in [2.45, 2.75) is 4.90 Å². The Labute approximate surface area is 156 Å². The maximum Gasteiger partial charge on any atom is 0.295 e. The van der Waals surface area contributed by atoms with Crippen LogP contribution in [0.1, 0.15) is 10.4 Å². The Morgan fingerprint density at radius 2 is 1.48 bits per heavy atom. The number of benzene rings is 3. The van der Waals surface area contributed by atoms with Crippen molar-refractivity contribution in [3.8, 4) is 11.5 Å². The van der Waals surface area contributed by atoms with Gasteiger partial charge in [0.25, 0.3) is 16.0 Å². The molecule has 7 nitrogen and oxygen atoms in total. The highest BCUT2D eigenvalue weighted by atomic mass is 32.2. The van der Waals surface area contributed by atoms with Gasteiger partial charge in [-0.05, 0) is 24.3 Å². The van der Waals surface area contributed by atoms with Gasteiger partial charge in [0.2, 0.25) is 0 Å². The van der Waals surface area contributed by atoms with Crippen LogP contribution in [-0.2, 0) is 10.1 Å². The number of amides is 1. The summed E-state index contributed by atoms with van der Waals surface area (Å²) in [5.74, 6) is 0.200. The maximum absolute atomic E-state index is 12.9. The molecule has 0 atom stereocenters. The van der Waals surface area contributed by atoms with Gasteiger partial charge in [0.05, 0.1) is 14.2 Å². The van der Waals surface area contributed by atoms with E-state index in [1.165, 1.54) is 26.4 Å². The number of anilines is 1. The quantitative estimate of drug-likeness (QED) is 0.651. The lowest BCUT2D eigenvalue weighted by Gasteiger charge is -2.15. The second-order valence-electron chi connectivity index (χ2n) is 5.62. The Balaban J connectivity index is 2.10. The zero-order chi connectivity index (χ0) is 19.6. The van der Waals surface area contributed by atoms with Crippen molar-refractivity contribution >= 4 is 32.5 Å². The Morgan fingerprint density at radius 1 is 0.889 bits per heavy atom. The molecule has 0 aliphatic heterocycles. The largest absolute Gasteiger partial charge is 0.496 e. The molecule has 2 N–H and O–H groups in total. The van der Waals surface area contributed by atoms with Crippen molar-refractivity contribution in [1.82, 2.24) is 0 Å². The van der Waals surface area contributed by atoms with E-state index in [-0.39, 0.29) is 10.5 Å². The van der Waals surface area contributed by atoms with Gasteiger partial charge in [-0.2, -0.15) is 8.42 Å². The normalized spacial score (nSPS) is 11.2. The van der Waals surface area contributed by atoms with Crippen LogP contribution in [0.3, 0.4) is 0 Å². The minimum absolute atomic E-state index is 0.213. The first-order chi connectivity index (χ1) is 12.9. The zero-order valence-corrected chi connectivity index (χ0v) is 15.4. The van der Waals surface area contributed by atoms with E-state index in [9.17, 15) is 17.8 Å². The van der Waals surface area contributed by atoms with Gasteiger partial charge in [-0.25, -0.2) is 0 Å². The molecule has 3 aromatic carbocycles. The van der Waals surface area contributed by atoms with Gasteiger partial charge in [0.15, 0.2) is 0 Å². The van der Waals surface area contributed by atoms with Crippen molar-refractivity contribution in [3.05, 3.63) is 60.2 Å². The first-order valence-electron chi connectivity index (χ1n) is 7.88. The van der Waals surface area contributed by atoms with Crippen LogP contribution in [0.4, 0.5) is 5.69 Å². The molecular formula is C19H17NO6S. The fourth-order valence-electron chi connectivity index (χ4n) is 2.87. The van der Waals surface area contributed by atoms with Crippen LogP contribution in [0.5, 0.6) is 11.5 Å². The van der Waals surface area contributed by atoms with Crippen LogP contribution in [-0.4, -0.2) is 33.1 Å². The minimum atomic E-state index is -4.40. The van der Waals surface area contributed by atoms with E-state index in [0.29, 0.717) is 28.0 Å². The number of rotatable bonds is 5. The second kappa shape index (κ2) is 7.26. The third-order valence-electron chi connectivity index (χ3n) is 4.07. The summed E-state index contributed by atoms with van der Waals surface area (Å²) in [6, 6.07) is 14.2. The molecule has 3 aromatic rings. The summed E-state index contributed by atoms with van der Waals surface area (Å²) in [6.07, 6.45) is 0. The number of carbonyl (C=O) groups is 1. The molecule has 3 rings (SSSR count). The zero-order valence-electron chi connectivity index (χ0n) is 14.6. The van der Waals surface area contributed by atoms with Crippen LogP contribution in [0.15, 0.2) is 59.5 Å². The molecule has 140 valence electrons. The Morgan fingerprint density at radius 3 is 2.04 bits per heavy atom. The third-order valence-corrected chi connectivity index (χ3v) is 4.98. The third kappa shape index (κ3) is 3.57. The molecule has 0 fully saturated rings. The molecule has 1 amide bonds. The summed E-state index contributed by atoms with van der Waals surface area (Å²) in [6.45, 7) is 0. The summed E-state index contributed by atoms with van der Waals surface area (Å²) in [5.41, 5.74) is 0.599. The molecule has 0 bridgehead atoms. The van der Waals surface area contributed by atoms with Gasteiger partial charge in [-0.3, -0.25) is 9.35 Å². The van der Waals surface area contributed by atoms with Gasteiger partial charge < -0.3 is 14.8 Å². The second-order valence-corrected chi connectivity index (χ2v) is 7.01. The number of hydrogen-bond donors (Lipinski definition) is 2. The summed E-state index contributed by atoms with van der Waals surface area (Å²) >= 11 is 0. The average Bonchev–Trinajstić information content (AvgIpc) is 2.66. The predicted octanol–water partition coefficient (Wildman–Crippen LogP) is 3.36. The number of fused-ring (bicyclic) bond motifs is 1. The molecule has 0 spiro atoms. The molecule has 0 heterocycles. The first kappa shape index (κ1) is 18.7. The molecule has 0 aromatic heterocycles. The number of ether oxygens (including phenoxy) is 2. The molecule has 0 saturated heterocycles. The van der Waals surface area contributed by atoms with Crippen molar-refractivity contribution in [2.75, 3.05) is 19.5 Å². The lowest BCUT2D eigenvalue weighted by atomic mass is 10.1.